The highest BCUT2D eigenvalue weighted by molar-refractivity contribution is 5.46. The predicted octanol–water partition coefficient (Wildman–Crippen LogP) is 3.75. The lowest BCUT2D eigenvalue weighted by atomic mass is 10.2. The number of halogens is 3. The van der Waals surface area contributed by atoms with Crippen molar-refractivity contribution in [3.05, 3.63) is 47.7 Å². The first kappa shape index (κ1) is 16.9. The molecule has 0 fully saturated rings. The monoisotopic (exact) mass is 326 g/mol. The minimum Gasteiger partial charge on any atom is -0.493 e. The van der Waals surface area contributed by atoms with Crippen molar-refractivity contribution in [3.8, 4) is 11.5 Å². The van der Waals surface area contributed by atoms with Crippen molar-refractivity contribution in [2.75, 3.05) is 26.2 Å². The van der Waals surface area contributed by atoms with Crippen molar-refractivity contribution in [2.24, 2.45) is 0 Å². The van der Waals surface area contributed by atoms with Gasteiger partial charge in [0.1, 0.15) is 5.82 Å². The molecule has 2 aromatic rings. The lowest BCUT2D eigenvalue weighted by Gasteiger charge is -2.20. The Labute approximate surface area is 132 Å². The summed E-state index contributed by atoms with van der Waals surface area (Å²) in [6.07, 6.45) is -3.23. The van der Waals surface area contributed by atoms with Crippen LogP contribution in [0.3, 0.4) is 0 Å². The molecule has 0 spiro atoms. The lowest BCUT2D eigenvalue weighted by molar-refractivity contribution is -0.137. The smallest absolute Gasteiger partial charge is 0.416 e. The Bertz CT molecular complexity index is 675. The van der Waals surface area contributed by atoms with Gasteiger partial charge >= 0.3 is 6.18 Å². The number of ether oxygens (including phenoxy) is 2. The van der Waals surface area contributed by atoms with Gasteiger partial charge in [0, 0.05) is 19.8 Å². The molecule has 0 aliphatic carbocycles. The number of anilines is 1. The normalized spacial score (nSPS) is 11.2. The number of pyridine rings is 1. The van der Waals surface area contributed by atoms with Gasteiger partial charge < -0.3 is 14.4 Å². The van der Waals surface area contributed by atoms with Gasteiger partial charge in [-0.3, -0.25) is 0 Å². The third-order valence-corrected chi connectivity index (χ3v) is 3.33. The molecule has 0 aliphatic rings. The summed E-state index contributed by atoms with van der Waals surface area (Å²) in [7, 11) is 4.75. The fourth-order valence-electron chi connectivity index (χ4n) is 2.14. The quantitative estimate of drug-likeness (QED) is 0.838. The molecule has 0 aliphatic heterocycles. The second-order valence-electron chi connectivity index (χ2n) is 4.95. The molecule has 124 valence electrons. The summed E-state index contributed by atoms with van der Waals surface area (Å²) in [6, 6.07) is 7.34. The van der Waals surface area contributed by atoms with Crippen LogP contribution in [0.1, 0.15) is 11.1 Å². The molecule has 2 rings (SSSR count). The first-order valence-electron chi connectivity index (χ1n) is 6.80. The average molecular weight is 326 g/mol. The molecular weight excluding hydrogens is 309 g/mol. The van der Waals surface area contributed by atoms with Gasteiger partial charge in [-0.25, -0.2) is 4.98 Å². The van der Waals surface area contributed by atoms with Crippen LogP contribution < -0.4 is 14.4 Å². The highest BCUT2D eigenvalue weighted by atomic mass is 19.4. The van der Waals surface area contributed by atoms with E-state index in [1.807, 2.05) is 6.07 Å². The highest BCUT2D eigenvalue weighted by Crippen LogP contribution is 2.31. The maximum absolute atomic E-state index is 12.8. The number of rotatable bonds is 5. The topological polar surface area (TPSA) is 34.6 Å². The number of hydrogen-bond donors (Lipinski definition) is 0. The van der Waals surface area contributed by atoms with Crippen molar-refractivity contribution < 1.29 is 22.6 Å². The molecule has 0 saturated heterocycles. The summed E-state index contributed by atoms with van der Waals surface area (Å²) in [5, 5.41) is 0. The van der Waals surface area contributed by atoms with Crippen LogP contribution in [0.15, 0.2) is 36.5 Å². The number of alkyl halides is 3. The zero-order valence-corrected chi connectivity index (χ0v) is 13.0. The van der Waals surface area contributed by atoms with Crippen molar-refractivity contribution in [3.63, 3.8) is 0 Å². The van der Waals surface area contributed by atoms with E-state index in [9.17, 15) is 13.2 Å². The van der Waals surface area contributed by atoms with Crippen LogP contribution in [-0.2, 0) is 12.7 Å². The van der Waals surface area contributed by atoms with Crippen molar-refractivity contribution in [1.29, 1.82) is 0 Å². The average Bonchev–Trinajstić information content (AvgIpc) is 2.54. The summed E-state index contributed by atoms with van der Waals surface area (Å²) in [4.78, 5) is 5.63. The Morgan fingerprint density at radius 2 is 1.74 bits per heavy atom. The third kappa shape index (κ3) is 4.06. The Hall–Kier alpha value is -2.44. The minimum atomic E-state index is -4.39. The molecule has 0 atom stereocenters. The zero-order valence-electron chi connectivity index (χ0n) is 13.0. The first-order valence-corrected chi connectivity index (χ1v) is 6.80. The molecule has 0 bridgehead atoms. The van der Waals surface area contributed by atoms with E-state index in [1.165, 1.54) is 14.2 Å². The van der Waals surface area contributed by atoms with Crippen LogP contribution in [0.5, 0.6) is 11.5 Å². The number of hydrogen-bond acceptors (Lipinski definition) is 4. The summed E-state index contributed by atoms with van der Waals surface area (Å²) < 4.78 is 48.7. The first-order chi connectivity index (χ1) is 10.8. The van der Waals surface area contributed by atoms with Gasteiger partial charge in [-0.2, -0.15) is 13.2 Å². The van der Waals surface area contributed by atoms with Gasteiger partial charge in [0.15, 0.2) is 11.5 Å². The highest BCUT2D eigenvalue weighted by Gasteiger charge is 2.31. The number of aromatic nitrogens is 1. The molecule has 1 aromatic heterocycles. The zero-order chi connectivity index (χ0) is 17.0. The molecule has 4 nitrogen and oxygen atoms in total. The minimum absolute atomic E-state index is 0.245. The van der Waals surface area contributed by atoms with Gasteiger partial charge in [-0.15, -0.1) is 0 Å². The van der Waals surface area contributed by atoms with Gasteiger partial charge in [-0.1, -0.05) is 6.07 Å². The maximum atomic E-state index is 12.8. The SMILES string of the molecule is COc1ccc(CN(C)c2cc(C(F)(F)F)ccn2)cc1OC. The molecule has 23 heavy (non-hydrogen) atoms. The summed E-state index contributed by atoms with van der Waals surface area (Å²) in [5.74, 6) is 1.40. The van der Waals surface area contributed by atoms with E-state index in [4.69, 9.17) is 9.47 Å². The van der Waals surface area contributed by atoms with Crippen LogP contribution >= 0.6 is 0 Å². The van der Waals surface area contributed by atoms with E-state index in [2.05, 4.69) is 4.98 Å². The molecular formula is C16H17F3N2O2. The Morgan fingerprint density at radius 1 is 1.04 bits per heavy atom. The van der Waals surface area contributed by atoms with Crippen molar-refractivity contribution >= 4 is 5.82 Å². The maximum Gasteiger partial charge on any atom is 0.416 e. The Balaban J connectivity index is 2.21. The Morgan fingerprint density at radius 3 is 2.35 bits per heavy atom. The third-order valence-electron chi connectivity index (χ3n) is 3.33. The van der Waals surface area contributed by atoms with Crippen molar-refractivity contribution in [2.45, 2.75) is 12.7 Å². The predicted molar refractivity (Wildman–Crippen MR) is 80.9 cm³/mol. The van der Waals surface area contributed by atoms with E-state index >= 15 is 0 Å². The van der Waals surface area contributed by atoms with Gasteiger partial charge in [0.2, 0.25) is 0 Å². The fourth-order valence-corrected chi connectivity index (χ4v) is 2.14. The fraction of sp³-hybridized carbons (Fsp3) is 0.312. The van der Waals surface area contributed by atoms with Gasteiger partial charge in [-0.05, 0) is 29.8 Å². The van der Waals surface area contributed by atoms with Crippen LogP contribution in [0.2, 0.25) is 0 Å². The van der Waals surface area contributed by atoms with Crippen LogP contribution in [0, 0.1) is 0 Å². The number of benzene rings is 1. The molecule has 0 radical (unpaired) electrons. The number of nitrogens with zero attached hydrogens (tertiary/aromatic N) is 2. The molecule has 0 amide bonds. The van der Waals surface area contributed by atoms with E-state index in [1.54, 1.807) is 24.1 Å². The van der Waals surface area contributed by atoms with Crippen molar-refractivity contribution in [1.82, 2.24) is 4.98 Å². The molecule has 1 aromatic carbocycles. The Kier molecular flexibility index (Phi) is 4.98. The molecule has 0 unspecified atom stereocenters. The van der Waals surface area contributed by atoms with Crippen LogP contribution in [0.4, 0.5) is 19.0 Å². The summed E-state index contributed by atoms with van der Waals surface area (Å²) in [6.45, 7) is 0.384. The summed E-state index contributed by atoms with van der Waals surface area (Å²) >= 11 is 0. The standard InChI is InChI=1S/C16H17F3N2O2/c1-21(15-9-12(6-7-20-15)16(17,18)19)10-11-4-5-13(22-2)14(8-11)23-3/h4-9H,10H2,1-3H3. The van der Waals surface area contributed by atoms with Crippen LogP contribution in [-0.4, -0.2) is 26.3 Å². The van der Waals surface area contributed by atoms with Gasteiger partial charge in [0.25, 0.3) is 0 Å². The molecule has 0 N–H and O–H groups in total. The molecule has 7 heteroatoms. The van der Waals surface area contributed by atoms with E-state index in [0.29, 0.717) is 18.0 Å². The largest absolute Gasteiger partial charge is 0.493 e. The summed E-state index contributed by atoms with van der Waals surface area (Å²) in [5.41, 5.74) is 0.144. The number of methoxy groups -OCH3 is 2. The van der Waals surface area contributed by atoms with Gasteiger partial charge in [0.05, 0.1) is 19.8 Å². The lowest BCUT2D eigenvalue weighted by Crippen LogP contribution is -2.18. The molecule has 0 saturated carbocycles. The van der Waals surface area contributed by atoms with Crippen LogP contribution in [0.25, 0.3) is 0 Å². The van der Waals surface area contributed by atoms with E-state index in [0.717, 1.165) is 23.9 Å². The van der Waals surface area contributed by atoms with E-state index in [-0.39, 0.29) is 5.82 Å². The van der Waals surface area contributed by atoms with E-state index < -0.39 is 11.7 Å². The second kappa shape index (κ2) is 6.76. The second-order valence-corrected chi connectivity index (χ2v) is 4.95. The molecule has 1 heterocycles.